The third kappa shape index (κ3) is 3.85. The molecule has 130 valence electrons. The molecule has 1 aliphatic rings. The van der Waals surface area contributed by atoms with Crippen LogP contribution in [0.4, 0.5) is 11.4 Å². The summed E-state index contributed by atoms with van der Waals surface area (Å²) in [5.74, 6) is 0.370. The molecule has 0 saturated carbocycles. The molecule has 3 rings (SSSR count). The minimum absolute atomic E-state index is 0.108. The van der Waals surface area contributed by atoms with E-state index in [4.69, 9.17) is 21.1 Å². The molecule has 25 heavy (non-hydrogen) atoms. The number of methoxy groups -OCH3 is 1. The maximum Gasteiger partial charge on any atom is 0.266 e. The fourth-order valence-corrected chi connectivity index (χ4v) is 2.78. The Balaban J connectivity index is 1.66. The van der Waals surface area contributed by atoms with E-state index in [2.05, 4.69) is 10.6 Å². The molecule has 2 amide bonds. The topological polar surface area (TPSA) is 76.7 Å². The first-order chi connectivity index (χ1) is 12.0. The summed E-state index contributed by atoms with van der Waals surface area (Å²) in [5, 5.41) is 5.84. The summed E-state index contributed by atoms with van der Waals surface area (Å²) in [6.45, 7) is 1.92. The monoisotopic (exact) mass is 360 g/mol. The molecule has 2 N–H and O–H groups in total. The largest absolute Gasteiger partial charge is 0.495 e. The Hall–Kier alpha value is -2.73. The van der Waals surface area contributed by atoms with Crippen LogP contribution >= 0.6 is 11.6 Å². The van der Waals surface area contributed by atoms with Gasteiger partial charge in [-0.2, -0.15) is 0 Å². The molecule has 0 radical (unpaired) electrons. The van der Waals surface area contributed by atoms with Gasteiger partial charge in [-0.1, -0.05) is 17.7 Å². The van der Waals surface area contributed by atoms with Gasteiger partial charge in [0.05, 0.1) is 24.2 Å². The van der Waals surface area contributed by atoms with Crippen molar-refractivity contribution in [2.45, 2.75) is 19.4 Å². The highest BCUT2D eigenvalue weighted by molar-refractivity contribution is 6.32. The van der Waals surface area contributed by atoms with E-state index in [1.165, 1.54) is 7.11 Å². The molecule has 0 unspecified atom stereocenters. The van der Waals surface area contributed by atoms with E-state index in [9.17, 15) is 9.59 Å². The van der Waals surface area contributed by atoms with Gasteiger partial charge in [0.2, 0.25) is 5.91 Å². The van der Waals surface area contributed by atoms with Gasteiger partial charge >= 0.3 is 0 Å². The number of hydrogen-bond donors (Lipinski definition) is 2. The van der Waals surface area contributed by atoms with Gasteiger partial charge in [0, 0.05) is 5.69 Å². The lowest BCUT2D eigenvalue weighted by Crippen LogP contribution is -2.39. The maximum atomic E-state index is 12.2. The Bertz CT molecular complexity index is 838. The molecule has 1 heterocycles. The predicted molar refractivity (Wildman–Crippen MR) is 95.5 cm³/mol. The van der Waals surface area contributed by atoms with Crippen molar-refractivity contribution in [2.24, 2.45) is 0 Å². The van der Waals surface area contributed by atoms with Crippen LogP contribution in [0.3, 0.4) is 0 Å². The second-order valence-electron chi connectivity index (χ2n) is 5.70. The highest BCUT2D eigenvalue weighted by Crippen LogP contribution is 2.31. The molecular formula is C18H17ClN2O4. The highest BCUT2D eigenvalue weighted by atomic mass is 35.5. The summed E-state index contributed by atoms with van der Waals surface area (Å²) in [7, 11) is 1.51. The zero-order valence-electron chi connectivity index (χ0n) is 13.8. The minimum atomic E-state index is -0.885. The average Bonchev–Trinajstić information content (AvgIpc) is 2.56. The molecule has 0 aromatic heterocycles. The van der Waals surface area contributed by atoms with Crippen LogP contribution in [0, 0.1) is 6.92 Å². The quantitative estimate of drug-likeness (QED) is 0.876. The number of amides is 2. The maximum absolute atomic E-state index is 12.2. The van der Waals surface area contributed by atoms with Crippen molar-refractivity contribution in [2.75, 3.05) is 17.7 Å². The third-order valence-electron chi connectivity index (χ3n) is 3.76. The molecule has 0 aliphatic carbocycles. The number of ether oxygens (including phenoxy) is 2. The van der Waals surface area contributed by atoms with E-state index in [1.807, 2.05) is 19.1 Å². The van der Waals surface area contributed by atoms with Crippen molar-refractivity contribution in [3.05, 3.63) is 47.0 Å². The number of rotatable bonds is 4. The second-order valence-corrected chi connectivity index (χ2v) is 6.10. The van der Waals surface area contributed by atoms with Gasteiger partial charge < -0.3 is 20.1 Å². The fourth-order valence-electron chi connectivity index (χ4n) is 2.52. The summed E-state index contributed by atoms with van der Waals surface area (Å²) in [6.07, 6.45) is -0.994. The number of nitrogens with one attached hydrogen (secondary N) is 2. The number of anilines is 2. The minimum Gasteiger partial charge on any atom is -0.495 e. The normalized spacial score (nSPS) is 15.6. The van der Waals surface area contributed by atoms with Crippen LogP contribution in [0.5, 0.6) is 11.5 Å². The van der Waals surface area contributed by atoms with E-state index in [0.717, 1.165) is 5.56 Å². The Labute approximate surface area is 150 Å². The first kappa shape index (κ1) is 17.1. The van der Waals surface area contributed by atoms with Gasteiger partial charge in [-0.15, -0.1) is 0 Å². The highest BCUT2D eigenvalue weighted by Gasteiger charge is 2.29. The fraction of sp³-hybridized carbons (Fsp3) is 0.222. The number of carbonyl (C=O) groups excluding carboxylic acids is 2. The summed E-state index contributed by atoms with van der Waals surface area (Å²) >= 11 is 6.03. The number of fused-ring (bicyclic) bond motifs is 1. The number of hydrogen-bond acceptors (Lipinski definition) is 4. The van der Waals surface area contributed by atoms with E-state index < -0.39 is 6.10 Å². The first-order valence-corrected chi connectivity index (χ1v) is 8.05. The Kier molecular flexibility index (Phi) is 4.81. The Morgan fingerprint density at radius 2 is 2.12 bits per heavy atom. The molecular weight excluding hydrogens is 344 g/mol. The summed E-state index contributed by atoms with van der Waals surface area (Å²) in [4.78, 5) is 24.4. The van der Waals surface area contributed by atoms with Crippen LogP contribution < -0.4 is 20.1 Å². The Morgan fingerprint density at radius 1 is 1.32 bits per heavy atom. The van der Waals surface area contributed by atoms with Crippen molar-refractivity contribution in [1.29, 1.82) is 0 Å². The van der Waals surface area contributed by atoms with Crippen LogP contribution in [-0.2, 0) is 9.59 Å². The molecule has 0 spiro atoms. The van der Waals surface area contributed by atoms with E-state index >= 15 is 0 Å². The molecule has 6 nitrogen and oxygen atoms in total. The van der Waals surface area contributed by atoms with E-state index in [1.54, 1.807) is 24.3 Å². The number of benzene rings is 2. The van der Waals surface area contributed by atoms with Crippen molar-refractivity contribution in [3.63, 3.8) is 0 Å². The number of carbonyl (C=O) groups is 2. The smallest absolute Gasteiger partial charge is 0.266 e. The zero-order chi connectivity index (χ0) is 18.0. The molecule has 7 heteroatoms. The standard InChI is InChI=1S/C18H17ClN2O4/c1-10-3-5-15-13(7-10)21-18(23)16(25-15)9-17(22)20-11-4-6-14(24-2)12(19)8-11/h3-8,16H,9H2,1-2H3,(H,20,22)(H,21,23)/t16-/m1/s1. The van der Waals surface area contributed by atoms with Crippen LogP contribution in [-0.4, -0.2) is 25.0 Å². The zero-order valence-corrected chi connectivity index (χ0v) is 14.5. The van der Waals surface area contributed by atoms with Gasteiger partial charge in [0.1, 0.15) is 11.5 Å². The molecule has 0 saturated heterocycles. The Morgan fingerprint density at radius 3 is 2.84 bits per heavy atom. The number of halogens is 1. The van der Waals surface area contributed by atoms with Gasteiger partial charge in [0.15, 0.2) is 6.10 Å². The predicted octanol–water partition coefficient (Wildman–Crippen LogP) is 3.39. The molecule has 0 bridgehead atoms. The second kappa shape index (κ2) is 7.03. The van der Waals surface area contributed by atoms with E-state index in [0.29, 0.717) is 27.9 Å². The molecule has 0 fully saturated rings. The van der Waals surface area contributed by atoms with Crippen LogP contribution in [0.1, 0.15) is 12.0 Å². The lowest BCUT2D eigenvalue weighted by molar-refractivity contribution is -0.128. The van der Waals surface area contributed by atoms with Crippen molar-refractivity contribution in [1.82, 2.24) is 0 Å². The van der Waals surface area contributed by atoms with Crippen LogP contribution in [0.15, 0.2) is 36.4 Å². The SMILES string of the molecule is COc1ccc(NC(=O)C[C@H]2Oc3ccc(C)cc3NC2=O)cc1Cl. The van der Waals surface area contributed by atoms with Gasteiger partial charge in [-0.05, 0) is 42.8 Å². The molecule has 1 aliphatic heterocycles. The molecule has 2 aromatic rings. The lowest BCUT2D eigenvalue weighted by Gasteiger charge is -2.25. The molecule has 2 aromatic carbocycles. The van der Waals surface area contributed by atoms with Crippen molar-refractivity contribution in [3.8, 4) is 11.5 Å². The van der Waals surface area contributed by atoms with E-state index in [-0.39, 0.29) is 18.2 Å². The van der Waals surface area contributed by atoms with Crippen molar-refractivity contribution < 1.29 is 19.1 Å². The van der Waals surface area contributed by atoms with Crippen molar-refractivity contribution >= 4 is 34.8 Å². The first-order valence-electron chi connectivity index (χ1n) is 7.68. The summed E-state index contributed by atoms with van der Waals surface area (Å²) in [6, 6.07) is 10.4. The lowest BCUT2D eigenvalue weighted by atomic mass is 10.1. The third-order valence-corrected chi connectivity index (χ3v) is 4.06. The molecule has 1 atom stereocenters. The van der Waals surface area contributed by atoms with Crippen LogP contribution in [0.2, 0.25) is 5.02 Å². The summed E-state index contributed by atoms with van der Waals surface area (Å²) in [5.41, 5.74) is 2.14. The number of aryl methyl sites for hydroxylation is 1. The van der Waals surface area contributed by atoms with Gasteiger partial charge in [0.25, 0.3) is 5.91 Å². The van der Waals surface area contributed by atoms with Gasteiger partial charge in [-0.3, -0.25) is 9.59 Å². The average molecular weight is 361 g/mol. The summed E-state index contributed by atoms with van der Waals surface area (Å²) < 4.78 is 10.7. The van der Waals surface area contributed by atoms with Crippen LogP contribution in [0.25, 0.3) is 0 Å². The van der Waals surface area contributed by atoms with Gasteiger partial charge in [-0.25, -0.2) is 0 Å².